The molecular formula is C40H61N3O4. The van der Waals surface area contributed by atoms with Crippen LogP contribution in [0, 0.1) is 77.4 Å². The van der Waals surface area contributed by atoms with Crippen molar-refractivity contribution >= 4 is 11.9 Å². The lowest BCUT2D eigenvalue weighted by Gasteiger charge is -2.72. The highest BCUT2D eigenvalue weighted by Gasteiger charge is 2.72. The second-order valence-electron chi connectivity index (χ2n) is 17.9. The maximum absolute atomic E-state index is 14.4. The van der Waals surface area contributed by atoms with E-state index in [0.29, 0.717) is 23.7 Å². The van der Waals surface area contributed by atoms with Gasteiger partial charge in [0.05, 0.1) is 34.7 Å². The number of nitrogens with zero attached hydrogens (tertiary/aromatic N) is 2. The Balaban J connectivity index is 1.30. The first-order valence-electron chi connectivity index (χ1n) is 18.5. The molecule has 10 atom stereocenters. The summed E-state index contributed by atoms with van der Waals surface area (Å²) < 4.78 is 12.2. The summed E-state index contributed by atoms with van der Waals surface area (Å²) in [5.74, 6) is 1.82. The van der Waals surface area contributed by atoms with E-state index >= 15 is 0 Å². The Bertz CT molecular complexity index is 1450. The lowest BCUT2D eigenvalue weighted by molar-refractivity contribution is -0.251. The molecule has 260 valence electrons. The van der Waals surface area contributed by atoms with Gasteiger partial charge in [0.15, 0.2) is 0 Å². The molecule has 7 heteroatoms. The maximum atomic E-state index is 14.4. The van der Waals surface area contributed by atoms with E-state index in [-0.39, 0.29) is 58.8 Å². The average Bonchev–Trinajstić information content (AvgIpc) is 3.41. The minimum atomic E-state index is -0.466. The number of aromatic nitrogens is 2. The van der Waals surface area contributed by atoms with Crippen LogP contribution in [0.15, 0.2) is 12.2 Å². The van der Waals surface area contributed by atoms with Crippen molar-refractivity contribution < 1.29 is 19.1 Å². The molecule has 1 aromatic rings. The molecule has 5 fully saturated rings. The van der Waals surface area contributed by atoms with Crippen LogP contribution < -0.4 is 5.73 Å². The van der Waals surface area contributed by atoms with Gasteiger partial charge in [-0.2, -0.15) is 0 Å². The van der Waals surface area contributed by atoms with Gasteiger partial charge in [-0.05, 0) is 138 Å². The molecule has 47 heavy (non-hydrogen) atoms. The van der Waals surface area contributed by atoms with Crippen molar-refractivity contribution in [1.82, 2.24) is 9.97 Å². The zero-order valence-corrected chi connectivity index (χ0v) is 30.8. The number of esters is 2. The van der Waals surface area contributed by atoms with Gasteiger partial charge in [0.25, 0.3) is 0 Å². The molecule has 0 spiro atoms. The number of hydrogen-bond acceptors (Lipinski definition) is 7. The SMILES string of the molecule is C=C(C)[C@@H]1CC[C@]2(C(=O)OCc3nc(C)c(C)nc3C)CC[C@]3(C)[C@H](CC[C@@H]4[C@@]5(C)CC[C@H](OC(=O)CN)C(C)(C)[C@@H]5CC[C@]43C)[C@@H]12. The molecule has 5 aliphatic rings. The second kappa shape index (κ2) is 11.7. The van der Waals surface area contributed by atoms with E-state index < -0.39 is 5.41 Å². The molecule has 2 N–H and O–H groups in total. The third-order valence-corrected chi connectivity index (χ3v) is 15.8. The topological polar surface area (TPSA) is 104 Å². The predicted octanol–water partition coefficient (Wildman–Crippen LogP) is 7.97. The minimum absolute atomic E-state index is 0.0252. The van der Waals surface area contributed by atoms with Gasteiger partial charge in [0.2, 0.25) is 0 Å². The number of carbonyl (C=O) groups excluding carboxylic acids is 2. The fraction of sp³-hybridized carbons (Fsp3) is 0.800. The van der Waals surface area contributed by atoms with Crippen LogP contribution in [-0.4, -0.2) is 34.6 Å². The van der Waals surface area contributed by atoms with Crippen molar-refractivity contribution in [2.75, 3.05) is 6.54 Å². The molecule has 0 saturated heterocycles. The number of rotatable bonds is 6. The quantitative estimate of drug-likeness (QED) is 0.247. The van der Waals surface area contributed by atoms with E-state index in [9.17, 15) is 9.59 Å². The van der Waals surface area contributed by atoms with Gasteiger partial charge in [-0.3, -0.25) is 19.6 Å². The number of carbonyl (C=O) groups is 2. The number of nitrogens with two attached hydrogens (primary N) is 1. The minimum Gasteiger partial charge on any atom is -0.461 e. The van der Waals surface area contributed by atoms with Crippen molar-refractivity contribution in [1.29, 1.82) is 0 Å². The monoisotopic (exact) mass is 647 g/mol. The Morgan fingerprint density at radius 1 is 0.830 bits per heavy atom. The summed E-state index contributed by atoms with van der Waals surface area (Å²) in [5, 5.41) is 0. The second-order valence-corrected chi connectivity index (χ2v) is 17.9. The number of fused-ring (bicyclic) bond motifs is 7. The summed E-state index contributed by atoms with van der Waals surface area (Å²) in [6, 6.07) is 0. The number of ether oxygens (including phenoxy) is 2. The molecule has 0 aliphatic heterocycles. The molecule has 0 unspecified atom stereocenters. The van der Waals surface area contributed by atoms with E-state index in [0.717, 1.165) is 74.1 Å². The molecule has 0 aromatic carbocycles. The Kier molecular flexibility index (Phi) is 8.58. The Morgan fingerprint density at radius 3 is 2.21 bits per heavy atom. The standard InChI is InChI=1S/C40H61N3O4/c1-23(2)27-13-18-40(35(45)46-22-29-26(5)42-24(3)25(4)43-29)20-19-38(9)28(34(27)40)11-12-31-37(8)16-15-32(47-33(44)21-41)36(6,7)30(37)14-17-39(31,38)10/h27-28,30-32,34H,1,11-22,41H2,2-10H3/t27-,28+,30-,31+,32-,34+,37-,38+,39+,40-/m0/s1. The lowest BCUT2D eigenvalue weighted by atomic mass is 9.32. The molecule has 1 heterocycles. The van der Waals surface area contributed by atoms with Crippen LogP contribution in [0.5, 0.6) is 0 Å². The Labute approximate surface area is 283 Å². The third kappa shape index (κ3) is 4.97. The Hall–Kier alpha value is -2.28. The first-order chi connectivity index (χ1) is 22.0. The van der Waals surface area contributed by atoms with Crippen molar-refractivity contribution in [3.05, 3.63) is 34.9 Å². The Morgan fingerprint density at radius 2 is 1.53 bits per heavy atom. The van der Waals surface area contributed by atoms with Crippen LogP contribution in [0.25, 0.3) is 0 Å². The number of allylic oxidation sites excluding steroid dienone is 1. The highest BCUT2D eigenvalue weighted by atomic mass is 16.5. The maximum Gasteiger partial charge on any atom is 0.319 e. The summed E-state index contributed by atoms with van der Waals surface area (Å²) in [6.45, 7) is 25.2. The zero-order valence-electron chi connectivity index (χ0n) is 30.8. The fourth-order valence-electron chi connectivity index (χ4n) is 13.1. The molecule has 6 rings (SSSR count). The molecule has 0 amide bonds. The van der Waals surface area contributed by atoms with Gasteiger partial charge in [0, 0.05) is 5.41 Å². The van der Waals surface area contributed by atoms with E-state index in [1.54, 1.807) is 0 Å². The first-order valence-corrected chi connectivity index (χ1v) is 18.5. The van der Waals surface area contributed by atoms with Crippen molar-refractivity contribution in [2.24, 2.45) is 62.4 Å². The van der Waals surface area contributed by atoms with Crippen LogP contribution in [-0.2, 0) is 25.7 Å². The molecule has 0 bridgehead atoms. The van der Waals surface area contributed by atoms with Crippen molar-refractivity contribution in [2.45, 2.75) is 139 Å². The van der Waals surface area contributed by atoms with Gasteiger partial charge in [-0.15, -0.1) is 0 Å². The number of hydrogen-bond donors (Lipinski definition) is 1. The van der Waals surface area contributed by atoms with Crippen LogP contribution >= 0.6 is 0 Å². The fourth-order valence-corrected chi connectivity index (χ4v) is 13.1. The van der Waals surface area contributed by atoms with Gasteiger partial charge < -0.3 is 15.2 Å². The molecular weight excluding hydrogens is 586 g/mol. The van der Waals surface area contributed by atoms with Gasteiger partial charge >= 0.3 is 11.9 Å². The molecule has 0 radical (unpaired) electrons. The average molecular weight is 648 g/mol. The summed E-state index contributed by atoms with van der Waals surface area (Å²) in [6.07, 6.45) is 10.4. The van der Waals surface area contributed by atoms with E-state index in [2.05, 4.69) is 53.1 Å². The van der Waals surface area contributed by atoms with Crippen LogP contribution in [0.1, 0.15) is 129 Å². The summed E-state index contributed by atoms with van der Waals surface area (Å²) in [7, 11) is 0. The van der Waals surface area contributed by atoms with Crippen LogP contribution in [0.2, 0.25) is 0 Å². The van der Waals surface area contributed by atoms with Gasteiger partial charge in [0.1, 0.15) is 12.7 Å². The summed E-state index contributed by atoms with van der Waals surface area (Å²) >= 11 is 0. The highest BCUT2D eigenvalue weighted by Crippen LogP contribution is 2.77. The first kappa shape index (κ1) is 34.6. The zero-order chi connectivity index (χ0) is 34.3. The van der Waals surface area contributed by atoms with Crippen LogP contribution in [0.3, 0.4) is 0 Å². The highest BCUT2D eigenvalue weighted by molar-refractivity contribution is 5.78. The molecule has 7 nitrogen and oxygen atoms in total. The summed E-state index contributed by atoms with van der Waals surface area (Å²) in [5.41, 5.74) is 10.2. The smallest absolute Gasteiger partial charge is 0.319 e. The molecule has 1 aromatic heterocycles. The summed E-state index contributed by atoms with van der Waals surface area (Å²) in [4.78, 5) is 36.1. The van der Waals surface area contributed by atoms with E-state index in [4.69, 9.17) is 20.2 Å². The molecule has 5 saturated carbocycles. The lowest BCUT2D eigenvalue weighted by Crippen LogP contribution is -2.67. The van der Waals surface area contributed by atoms with Gasteiger partial charge in [-0.25, -0.2) is 0 Å². The van der Waals surface area contributed by atoms with Crippen molar-refractivity contribution in [3.8, 4) is 0 Å². The normalized spacial score (nSPS) is 41.9. The largest absolute Gasteiger partial charge is 0.461 e. The van der Waals surface area contributed by atoms with Gasteiger partial charge in [-0.1, -0.05) is 46.8 Å². The molecule has 5 aliphatic carbocycles. The van der Waals surface area contributed by atoms with E-state index in [1.807, 2.05) is 20.8 Å². The third-order valence-electron chi connectivity index (χ3n) is 15.8. The number of aryl methyl sites for hydroxylation is 3. The van der Waals surface area contributed by atoms with E-state index in [1.165, 1.54) is 18.4 Å². The van der Waals surface area contributed by atoms with Crippen LogP contribution in [0.4, 0.5) is 0 Å². The van der Waals surface area contributed by atoms with Crippen molar-refractivity contribution in [3.63, 3.8) is 0 Å². The predicted molar refractivity (Wildman–Crippen MR) is 184 cm³/mol.